The van der Waals surface area contributed by atoms with E-state index in [0.29, 0.717) is 35.2 Å². The van der Waals surface area contributed by atoms with Crippen molar-refractivity contribution < 1.29 is 23.9 Å². The van der Waals surface area contributed by atoms with Gasteiger partial charge in [-0.2, -0.15) is 0 Å². The Kier molecular flexibility index (Phi) is 10.1. The van der Waals surface area contributed by atoms with Gasteiger partial charge in [0, 0.05) is 56.5 Å². The van der Waals surface area contributed by atoms with E-state index in [9.17, 15) is 14.4 Å². The first-order valence-corrected chi connectivity index (χ1v) is 14.0. The maximum Gasteiger partial charge on any atom is 0.254 e. The molecule has 40 heavy (non-hydrogen) atoms. The number of anilines is 2. The van der Waals surface area contributed by atoms with Gasteiger partial charge in [-0.3, -0.25) is 14.4 Å². The number of methoxy groups -OCH3 is 2. The van der Waals surface area contributed by atoms with E-state index in [1.807, 2.05) is 17.0 Å². The Morgan fingerprint density at radius 1 is 1.02 bits per heavy atom. The van der Waals surface area contributed by atoms with E-state index in [1.165, 1.54) is 27.5 Å². The van der Waals surface area contributed by atoms with Crippen molar-refractivity contribution in [1.29, 1.82) is 0 Å². The average Bonchev–Trinajstić information content (AvgIpc) is 3.41. The molecule has 0 spiro atoms. The Bertz CT molecular complexity index is 1300. The highest BCUT2D eigenvalue weighted by atomic mass is 32.1. The Balaban J connectivity index is 1.28. The quantitative estimate of drug-likeness (QED) is 0.381. The molecule has 0 atom stereocenters. The number of carbonyl (C=O) groups is 3. The lowest BCUT2D eigenvalue weighted by Crippen LogP contribution is -2.49. The van der Waals surface area contributed by atoms with Gasteiger partial charge in [-0.05, 0) is 42.8 Å². The summed E-state index contributed by atoms with van der Waals surface area (Å²) in [6, 6.07) is 15.0. The van der Waals surface area contributed by atoms with Gasteiger partial charge >= 0.3 is 0 Å². The summed E-state index contributed by atoms with van der Waals surface area (Å²) >= 11 is 1.26. The van der Waals surface area contributed by atoms with Gasteiger partial charge in [-0.15, -0.1) is 11.3 Å². The van der Waals surface area contributed by atoms with Crippen molar-refractivity contribution in [3.8, 4) is 5.75 Å². The number of aryl methyl sites for hydroxylation is 1. The smallest absolute Gasteiger partial charge is 0.254 e. The summed E-state index contributed by atoms with van der Waals surface area (Å²) in [7, 11) is 3.10. The molecule has 3 aromatic rings. The number of carbonyl (C=O) groups excluding carboxylic acids is 3. The molecule has 11 heteroatoms. The van der Waals surface area contributed by atoms with Gasteiger partial charge in [0.1, 0.15) is 12.3 Å². The normalized spacial score (nSPS) is 13.2. The molecular formula is C29H35N5O5S. The maximum atomic E-state index is 13.0. The van der Waals surface area contributed by atoms with Crippen molar-refractivity contribution in [1.82, 2.24) is 14.8 Å². The van der Waals surface area contributed by atoms with Crippen molar-refractivity contribution in [3.63, 3.8) is 0 Å². The number of hydrogen-bond donors (Lipinski definition) is 1. The Morgan fingerprint density at radius 2 is 1.75 bits per heavy atom. The van der Waals surface area contributed by atoms with Crippen LogP contribution in [0.4, 0.5) is 10.8 Å². The zero-order valence-corrected chi connectivity index (χ0v) is 23.9. The van der Waals surface area contributed by atoms with Gasteiger partial charge in [0.2, 0.25) is 11.8 Å². The number of benzene rings is 2. The average molecular weight is 566 g/mol. The minimum Gasteiger partial charge on any atom is -0.497 e. The summed E-state index contributed by atoms with van der Waals surface area (Å²) in [4.78, 5) is 48.8. The van der Waals surface area contributed by atoms with Gasteiger partial charge in [0.15, 0.2) is 5.13 Å². The fourth-order valence-electron chi connectivity index (χ4n) is 4.53. The van der Waals surface area contributed by atoms with Gasteiger partial charge < -0.3 is 29.5 Å². The van der Waals surface area contributed by atoms with Crippen LogP contribution in [0.2, 0.25) is 0 Å². The standard InChI is InChI=1S/C29H35N5O5S/c1-21-6-4-5-7-25(21)32-12-14-33(15-13-32)27(36)18-23-20-40-29(30-23)31-26(35)19-34(16-17-38-2)28(37)22-8-10-24(39-3)11-9-22/h4-11,20H,12-19H2,1-3H3,(H,30,31,35). The molecule has 10 nitrogen and oxygen atoms in total. The predicted molar refractivity (Wildman–Crippen MR) is 155 cm³/mol. The van der Waals surface area contributed by atoms with Crippen LogP contribution in [0.15, 0.2) is 53.9 Å². The summed E-state index contributed by atoms with van der Waals surface area (Å²) in [5.41, 5.74) is 3.49. The number of nitrogens with zero attached hydrogens (tertiary/aromatic N) is 4. The van der Waals surface area contributed by atoms with Crippen LogP contribution in [0, 0.1) is 6.92 Å². The third kappa shape index (κ3) is 7.57. The topological polar surface area (TPSA) is 104 Å². The van der Waals surface area contributed by atoms with Crippen LogP contribution in [0.5, 0.6) is 5.75 Å². The van der Waals surface area contributed by atoms with Crippen molar-refractivity contribution in [2.45, 2.75) is 13.3 Å². The van der Waals surface area contributed by atoms with E-state index in [-0.39, 0.29) is 43.8 Å². The number of rotatable bonds is 11. The third-order valence-electron chi connectivity index (χ3n) is 6.74. The largest absolute Gasteiger partial charge is 0.497 e. The molecule has 0 radical (unpaired) electrons. The molecule has 1 saturated heterocycles. The minimum atomic E-state index is -0.377. The lowest BCUT2D eigenvalue weighted by molar-refractivity contribution is -0.130. The highest BCUT2D eigenvalue weighted by molar-refractivity contribution is 7.13. The number of ether oxygens (including phenoxy) is 2. The van der Waals surface area contributed by atoms with E-state index >= 15 is 0 Å². The second kappa shape index (κ2) is 13.9. The summed E-state index contributed by atoms with van der Waals surface area (Å²) in [5.74, 6) is -0.0101. The van der Waals surface area contributed by atoms with E-state index in [4.69, 9.17) is 9.47 Å². The fraction of sp³-hybridized carbons (Fsp3) is 0.379. The van der Waals surface area contributed by atoms with Crippen LogP contribution in [-0.4, -0.2) is 92.6 Å². The van der Waals surface area contributed by atoms with Gasteiger partial charge in [-0.1, -0.05) is 18.2 Å². The molecule has 1 aromatic heterocycles. The SMILES string of the molecule is COCCN(CC(=O)Nc1nc(CC(=O)N2CCN(c3ccccc3C)CC2)cs1)C(=O)c1ccc(OC)cc1. The molecule has 0 unspecified atom stereocenters. The summed E-state index contributed by atoms with van der Waals surface area (Å²) < 4.78 is 10.3. The number of aromatic nitrogens is 1. The third-order valence-corrected chi connectivity index (χ3v) is 7.55. The number of amides is 3. The highest BCUT2D eigenvalue weighted by Gasteiger charge is 2.23. The van der Waals surface area contributed by atoms with Crippen LogP contribution in [0.25, 0.3) is 0 Å². The van der Waals surface area contributed by atoms with Crippen LogP contribution >= 0.6 is 11.3 Å². The van der Waals surface area contributed by atoms with E-state index in [1.54, 1.807) is 43.9 Å². The Labute approximate surface area is 238 Å². The number of nitrogens with one attached hydrogen (secondary N) is 1. The molecule has 0 aliphatic carbocycles. The van der Waals surface area contributed by atoms with Crippen molar-refractivity contribution in [2.24, 2.45) is 0 Å². The molecule has 2 heterocycles. The molecule has 2 aromatic carbocycles. The molecule has 0 bridgehead atoms. The zero-order valence-electron chi connectivity index (χ0n) is 23.1. The number of thiazole rings is 1. The summed E-state index contributed by atoms with van der Waals surface area (Å²) in [6.07, 6.45) is 0.173. The molecule has 0 saturated carbocycles. The van der Waals surface area contributed by atoms with E-state index in [2.05, 4.69) is 34.3 Å². The lowest BCUT2D eigenvalue weighted by Gasteiger charge is -2.36. The molecule has 1 fully saturated rings. The lowest BCUT2D eigenvalue weighted by atomic mass is 10.1. The van der Waals surface area contributed by atoms with E-state index < -0.39 is 0 Å². The van der Waals surface area contributed by atoms with Gasteiger partial charge in [-0.25, -0.2) is 4.98 Å². The molecule has 1 N–H and O–H groups in total. The molecule has 1 aliphatic rings. The first-order valence-electron chi connectivity index (χ1n) is 13.1. The first kappa shape index (κ1) is 29.0. The molecule has 1 aliphatic heterocycles. The molecule has 4 rings (SSSR count). The Morgan fingerprint density at radius 3 is 2.42 bits per heavy atom. The molecule has 3 amide bonds. The predicted octanol–water partition coefficient (Wildman–Crippen LogP) is 3.08. The summed E-state index contributed by atoms with van der Waals surface area (Å²) in [6.45, 7) is 5.35. The fourth-order valence-corrected chi connectivity index (χ4v) is 5.26. The number of para-hydroxylation sites is 1. The number of piperazine rings is 1. The van der Waals surface area contributed by atoms with Crippen LogP contribution in [0.1, 0.15) is 21.6 Å². The number of hydrogen-bond acceptors (Lipinski definition) is 8. The van der Waals surface area contributed by atoms with Gasteiger partial charge in [0.05, 0.1) is 25.8 Å². The first-order chi connectivity index (χ1) is 19.4. The van der Waals surface area contributed by atoms with Gasteiger partial charge in [0.25, 0.3) is 5.91 Å². The van der Waals surface area contributed by atoms with Crippen LogP contribution in [-0.2, 0) is 20.7 Å². The monoisotopic (exact) mass is 565 g/mol. The maximum absolute atomic E-state index is 13.0. The Hall–Kier alpha value is -3.96. The van der Waals surface area contributed by atoms with Crippen molar-refractivity contribution >= 4 is 39.9 Å². The molecule has 212 valence electrons. The van der Waals surface area contributed by atoms with Crippen LogP contribution < -0.4 is 15.0 Å². The molecular weight excluding hydrogens is 530 g/mol. The van der Waals surface area contributed by atoms with Crippen LogP contribution in [0.3, 0.4) is 0 Å². The summed E-state index contributed by atoms with van der Waals surface area (Å²) in [5, 5.41) is 4.93. The second-order valence-corrected chi connectivity index (χ2v) is 10.3. The minimum absolute atomic E-state index is 0.0171. The zero-order chi connectivity index (χ0) is 28.5. The van der Waals surface area contributed by atoms with Crippen molar-refractivity contribution in [3.05, 3.63) is 70.7 Å². The van der Waals surface area contributed by atoms with E-state index in [0.717, 1.165) is 13.1 Å². The van der Waals surface area contributed by atoms with Crippen molar-refractivity contribution in [2.75, 3.05) is 70.3 Å². The second-order valence-electron chi connectivity index (χ2n) is 9.47. The highest BCUT2D eigenvalue weighted by Crippen LogP contribution is 2.22.